The van der Waals surface area contributed by atoms with Crippen molar-refractivity contribution in [1.29, 1.82) is 0 Å². The smallest absolute Gasteiger partial charge is 0.353 e. The van der Waals surface area contributed by atoms with E-state index in [1.165, 1.54) is 0 Å². The summed E-state index contributed by atoms with van der Waals surface area (Å²) in [6, 6.07) is -1.60. The van der Waals surface area contributed by atoms with Crippen LogP contribution in [0.25, 0.3) is 0 Å². The van der Waals surface area contributed by atoms with Crippen LogP contribution in [-0.2, 0) is 4.79 Å². The van der Waals surface area contributed by atoms with Crippen molar-refractivity contribution < 1.29 is 18.0 Å². The second-order valence-electron chi connectivity index (χ2n) is 2.28. The van der Waals surface area contributed by atoms with Crippen molar-refractivity contribution in [2.75, 3.05) is 13.1 Å². The third-order valence-corrected chi connectivity index (χ3v) is 1.41. The number of hydrogen-bond donors (Lipinski definition) is 2. The van der Waals surface area contributed by atoms with E-state index in [9.17, 15) is 18.0 Å². The minimum absolute atomic E-state index is 0.260. The maximum atomic E-state index is 11.9. The van der Waals surface area contributed by atoms with E-state index in [1.54, 1.807) is 0 Å². The van der Waals surface area contributed by atoms with Crippen molar-refractivity contribution >= 4 is 5.91 Å². The summed E-state index contributed by atoms with van der Waals surface area (Å²) in [5.74, 6) is -0.398. The number of halogens is 3. The quantitative estimate of drug-likeness (QED) is 0.518. The molecule has 0 radical (unpaired) electrons. The SMILES string of the molecule is O=C1CN[C@@H](C(F)(F)F)CN1. The standard InChI is InChI=1S/C5H7F3N2O/c6-5(7,8)3-1-10-4(11)2-9-3/h3,9H,1-2H2,(H,10,11)/t3-/m1/s1. The van der Waals surface area contributed by atoms with Crippen molar-refractivity contribution in [2.45, 2.75) is 12.2 Å². The van der Waals surface area contributed by atoms with Gasteiger partial charge in [-0.2, -0.15) is 13.2 Å². The summed E-state index contributed by atoms with van der Waals surface area (Å²) in [6.07, 6.45) is -4.27. The van der Waals surface area contributed by atoms with Crippen molar-refractivity contribution in [3.05, 3.63) is 0 Å². The highest BCUT2D eigenvalue weighted by molar-refractivity contribution is 5.78. The molecule has 0 aromatic carbocycles. The first-order valence-electron chi connectivity index (χ1n) is 3.07. The van der Waals surface area contributed by atoms with Crippen LogP contribution in [0.2, 0.25) is 0 Å². The van der Waals surface area contributed by atoms with Crippen LogP contribution in [0.3, 0.4) is 0 Å². The lowest BCUT2D eigenvalue weighted by Crippen LogP contribution is -2.57. The summed E-state index contributed by atoms with van der Waals surface area (Å²) in [5, 5.41) is 4.19. The number of carbonyl (C=O) groups is 1. The highest BCUT2D eigenvalue weighted by atomic mass is 19.4. The molecule has 0 spiro atoms. The zero-order chi connectivity index (χ0) is 8.48. The molecule has 1 aliphatic heterocycles. The van der Waals surface area contributed by atoms with Crippen molar-refractivity contribution in [1.82, 2.24) is 10.6 Å². The van der Waals surface area contributed by atoms with Gasteiger partial charge in [-0.05, 0) is 0 Å². The highest BCUT2D eigenvalue weighted by Gasteiger charge is 2.41. The van der Waals surface area contributed by atoms with Gasteiger partial charge >= 0.3 is 6.18 Å². The molecule has 0 saturated carbocycles. The van der Waals surface area contributed by atoms with Gasteiger partial charge in [0, 0.05) is 6.54 Å². The zero-order valence-corrected chi connectivity index (χ0v) is 5.53. The molecular formula is C5H7F3N2O. The highest BCUT2D eigenvalue weighted by Crippen LogP contribution is 2.20. The summed E-state index contributed by atoms with van der Waals surface area (Å²) in [4.78, 5) is 10.4. The second-order valence-corrected chi connectivity index (χ2v) is 2.28. The maximum absolute atomic E-state index is 11.9. The first-order valence-corrected chi connectivity index (χ1v) is 3.07. The normalized spacial score (nSPS) is 26.5. The van der Waals surface area contributed by atoms with E-state index in [1.807, 2.05) is 0 Å². The van der Waals surface area contributed by atoms with Gasteiger partial charge in [0.2, 0.25) is 5.91 Å². The number of piperazine rings is 1. The topological polar surface area (TPSA) is 41.1 Å². The lowest BCUT2D eigenvalue weighted by Gasteiger charge is -2.25. The minimum Gasteiger partial charge on any atom is -0.353 e. The largest absolute Gasteiger partial charge is 0.405 e. The van der Waals surface area contributed by atoms with Crippen LogP contribution in [0.4, 0.5) is 13.2 Å². The van der Waals surface area contributed by atoms with Gasteiger partial charge in [-0.1, -0.05) is 0 Å². The third kappa shape index (κ3) is 2.07. The van der Waals surface area contributed by atoms with Gasteiger partial charge in [-0.25, -0.2) is 0 Å². The number of carbonyl (C=O) groups excluding carboxylic acids is 1. The number of nitrogens with one attached hydrogen (secondary N) is 2. The van der Waals surface area contributed by atoms with Crippen LogP contribution in [0, 0.1) is 0 Å². The molecule has 1 amide bonds. The monoisotopic (exact) mass is 168 g/mol. The van der Waals surface area contributed by atoms with Crippen LogP contribution in [-0.4, -0.2) is 31.2 Å². The van der Waals surface area contributed by atoms with Gasteiger partial charge in [0.25, 0.3) is 0 Å². The Kier molecular flexibility index (Phi) is 2.03. The van der Waals surface area contributed by atoms with E-state index in [0.29, 0.717) is 0 Å². The number of amides is 1. The van der Waals surface area contributed by atoms with E-state index in [4.69, 9.17) is 0 Å². The third-order valence-electron chi connectivity index (χ3n) is 1.41. The lowest BCUT2D eigenvalue weighted by atomic mass is 10.2. The van der Waals surface area contributed by atoms with Crippen LogP contribution in [0.5, 0.6) is 0 Å². The molecular weight excluding hydrogens is 161 g/mol. The van der Waals surface area contributed by atoms with Gasteiger partial charge in [-0.15, -0.1) is 0 Å². The summed E-state index contributed by atoms with van der Waals surface area (Å²) in [5.41, 5.74) is 0. The number of rotatable bonds is 0. The predicted molar refractivity (Wildman–Crippen MR) is 30.9 cm³/mol. The van der Waals surface area contributed by atoms with E-state index in [0.717, 1.165) is 0 Å². The molecule has 0 bridgehead atoms. The summed E-state index contributed by atoms with van der Waals surface area (Å²) in [6.45, 7) is -0.632. The van der Waals surface area contributed by atoms with Gasteiger partial charge in [0.05, 0.1) is 6.54 Å². The van der Waals surface area contributed by atoms with E-state index >= 15 is 0 Å². The molecule has 11 heavy (non-hydrogen) atoms. The van der Waals surface area contributed by atoms with Crippen LogP contribution >= 0.6 is 0 Å². The Hall–Kier alpha value is -0.780. The van der Waals surface area contributed by atoms with Crippen molar-refractivity contribution in [2.24, 2.45) is 0 Å². The Balaban J connectivity index is 2.45. The molecule has 0 unspecified atom stereocenters. The average molecular weight is 168 g/mol. The Morgan fingerprint density at radius 1 is 1.45 bits per heavy atom. The van der Waals surface area contributed by atoms with Crippen molar-refractivity contribution in [3.8, 4) is 0 Å². The van der Waals surface area contributed by atoms with E-state index < -0.39 is 18.1 Å². The molecule has 1 atom stereocenters. The number of hydrogen-bond acceptors (Lipinski definition) is 2. The Morgan fingerprint density at radius 3 is 2.45 bits per heavy atom. The Morgan fingerprint density at radius 2 is 2.09 bits per heavy atom. The second kappa shape index (κ2) is 2.69. The minimum atomic E-state index is -4.27. The van der Waals surface area contributed by atoms with Gasteiger partial charge < -0.3 is 5.32 Å². The van der Waals surface area contributed by atoms with Gasteiger partial charge in [0.15, 0.2) is 0 Å². The van der Waals surface area contributed by atoms with Gasteiger partial charge in [0.1, 0.15) is 6.04 Å². The van der Waals surface area contributed by atoms with Crippen molar-refractivity contribution in [3.63, 3.8) is 0 Å². The molecule has 1 rings (SSSR count). The Labute approximate surface area is 61.0 Å². The molecule has 64 valence electrons. The summed E-state index contributed by atoms with van der Waals surface area (Å²) in [7, 11) is 0. The fourth-order valence-corrected chi connectivity index (χ4v) is 0.798. The molecule has 0 aromatic heterocycles. The molecule has 6 heteroatoms. The van der Waals surface area contributed by atoms with Crippen LogP contribution in [0.15, 0.2) is 0 Å². The summed E-state index contributed by atoms with van der Waals surface area (Å²) < 4.78 is 35.6. The fourth-order valence-electron chi connectivity index (χ4n) is 0.798. The number of alkyl halides is 3. The molecule has 1 heterocycles. The van der Waals surface area contributed by atoms with Gasteiger partial charge in [-0.3, -0.25) is 10.1 Å². The maximum Gasteiger partial charge on any atom is 0.405 e. The zero-order valence-electron chi connectivity index (χ0n) is 5.53. The van der Waals surface area contributed by atoms with Crippen LogP contribution in [0.1, 0.15) is 0 Å². The summed E-state index contributed by atoms with van der Waals surface area (Å²) >= 11 is 0. The molecule has 1 aliphatic rings. The first kappa shape index (κ1) is 8.32. The average Bonchev–Trinajstić information content (AvgIpc) is 1.86. The van der Waals surface area contributed by atoms with Crippen LogP contribution < -0.4 is 10.6 Å². The van der Waals surface area contributed by atoms with E-state index in [-0.39, 0.29) is 13.1 Å². The molecule has 0 aromatic rings. The fraction of sp³-hybridized carbons (Fsp3) is 0.800. The molecule has 1 fully saturated rings. The molecule has 1 saturated heterocycles. The lowest BCUT2D eigenvalue weighted by molar-refractivity contribution is -0.160. The first-order chi connectivity index (χ1) is 5.00. The molecule has 0 aliphatic carbocycles. The van der Waals surface area contributed by atoms with E-state index in [2.05, 4.69) is 10.6 Å². The Bertz CT molecular complexity index is 158. The molecule has 2 N–H and O–H groups in total. The molecule has 3 nitrogen and oxygen atoms in total. The predicted octanol–water partition coefficient (Wildman–Crippen LogP) is -0.363.